The summed E-state index contributed by atoms with van der Waals surface area (Å²) in [7, 11) is 0. The summed E-state index contributed by atoms with van der Waals surface area (Å²) in [5.41, 5.74) is 3.02. The second kappa shape index (κ2) is 7.47. The van der Waals surface area contributed by atoms with Crippen molar-refractivity contribution in [2.45, 2.75) is 31.6 Å². The van der Waals surface area contributed by atoms with Gasteiger partial charge in [0.1, 0.15) is 0 Å². The Morgan fingerprint density at radius 2 is 1.77 bits per heavy atom. The lowest BCUT2D eigenvalue weighted by atomic mass is 9.90. The molecule has 0 radical (unpaired) electrons. The summed E-state index contributed by atoms with van der Waals surface area (Å²) >= 11 is 0. The van der Waals surface area contributed by atoms with Crippen molar-refractivity contribution in [1.82, 2.24) is 25.0 Å². The molecule has 2 fully saturated rings. The molecule has 156 valence electrons. The van der Waals surface area contributed by atoms with E-state index < -0.39 is 5.76 Å². The Bertz CT molecular complexity index is 1150. The van der Waals surface area contributed by atoms with Gasteiger partial charge in [-0.3, -0.25) is 19.7 Å². The topological polar surface area (TPSA) is 115 Å². The third-order valence-electron chi connectivity index (χ3n) is 6.15. The molecular weight excluding hydrogens is 386 g/mol. The van der Waals surface area contributed by atoms with E-state index >= 15 is 0 Å². The SMILES string of the molecule is O=C(c1ccc2oc(=O)[nH]c2c1)N1CCC(c2[nH]ncc2C(=O)N2CCCC2)CC1. The molecule has 3 aromatic rings. The number of oxazole rings is 1. The summed E-state index contributed by atoms with van der Waals surface area (Å²) in [4.78, 5) is 43.3. The number of carbonyl (C=O) groups is 2. The number of aromatic amines is 2. The van der Waals surface area contributed by atoms with Crippen LogP contribution in [-0.2, 0) is 0 Å². The molecule has 2 N–H and O–H groups in total. The average Bonchev–Trinajstić information content (AvgIpc) is 3.52. The maximum atomic E-state index is 12.9. The first kappa shape index (κ1) is 18.7. The first-order chi connectivity index (χ1) is 14.6. The largest absolute Gasteiger partial charge is 0.417 e. The Labute approximate surface area is 172 Å². The highest BCUT2D eigenvalue weighted by atomic mass is 16.4. The number of likely N-dealkylation sites (tertiary alicyclic amines) is 2. The molecule has 0 spiro atoms. The summed E-state index contributed by atoms with van der Waals surface area (Å²) in [6, 6.07) is 4.96. The highest BCUT2D eigenvalue weighted by Crippen LogP contribution is 2.30. The number of nitrogens with zero attached hydrogens (tertiary/aromatic N) is 3. The highest BCUT2D eigenvalue weighted by molar-refractivity contribution is 5.97. The summed E-state index contributed by atoms with van der Waals surface area (Å²) in [5.74, 6) is -0.382. The number of fused-ring (bicyclic) bond motifs is 1. The Hall–Kier alpha value is -3.36. The van der Waals surface area contributed by atoms with E-state index in [9.17, 15) is 14.4 Å². The molecule has 2 amide bonds. The van der Waals surface area contributed by atoms with Crippen LogP contribution in [0.3, 0.4) is 0 Å². The number of hydrogen-bond donors (Lipinski definition) is 2. The number of hydrogen-bond acceptors (Lipinski definition) is 5. The summed E-state index contributed by atoms with van der Waals surface area (Å²) < 4.78 is 4.99. The van der Waals surface area contributed by atoms with Crippen LogP contribution in [0.4, 0.5) is 0 Å². The van der Waals surface area contributed by atoms with E-state index in [4.69, 9.17) is 4.42 Å². The van der Waals surface area contributed by atoms with Gasteiger partial charge >= 0.3 is 5.76 Å². The van der Waals surface area contributed by atoms with Crippen LogP contribution >= 0.6 is 0 Å². The second-order valence-corrected chi connectivity index (χ2v) is 7.99. The smallest absolute Gasteiger partial charge is 0.408 e. The molecule has 0 atom stereocenters. The maximum absolute atomic E-state index is 12.9. The lowest BCUT2D eigenvalue weighted by Gasteiger charge is -2.32. The molecule has 0 unspecified atom stereocenters. The monoisotopic (exact) mass is 409 g/mol. The molecule has 0 saturated carbocycles. The molecule has 4 heterocycles. The number of piperidine rings is 1. The van der Waals surface area contributed by atoms with Crippen molar-refractivity contribution in [3.8, 4) is 0 Å². The van der Waals surface area contributed by atoms with Crippen LogP contribution in [0.5, 0.6) is 0 Å². The maximum Gasteiger partial charge on any atom is 0.417 e. The normalized spacial score (nSPS) is 17.7. The first-order valence-corrected chi connectivity index (χ1v) is 10.3. The van der Waals surface area contributed by atoms with Gasteiger partial charge in [0.05, 0.1) is 23.0 Å². The van der Waals surface area contributed by atoms with E-state index in [1.165, 1.54) is 0 Å². The van der Waals surface area contributed by atoms with Gasteiger partial charge in [0, 0.05) is 37.7 Å². The van der Waals surface area contributed by atoms with Crippen LogP contribution in [-0.4, -0.2) is 63.0 Å². The van der Waals surface area contributed by atoms with Crippen LogP contribution in [0.15, 0.2) is 33.6 Å². The van der Waals surface area contributed by atoms with Crippen molar-refractivity contribution in [2.75, 3.05) is 26.2 Å². The van der Waals surface area contributed by atoms with Crippen molar-refractivity contribution < 1.29 is 14.0 Å². The number of H-pyrrole nitrogens is 2. The van der Waals surface area contributed by atoms with Gasteiger partial charge in [0.25, 0.3) is 11.8 Å². The zero-order chi connectivity index (χ0) is 20.7. The van der Waals surface area contributed by atoms with E-state index in [2.05, 4.69) is 15.2 Å². The van der Waals surface area contributed by atoms with Crippen LogP contribution in [0, 0.1) is 0 Å². The number of amides is 2. The van der Waals surface area contributed by atoms with E-state index in [1.54, 1.807) is 24.4 Å². The quantitative estimate of drug-likeness (QED) is 0.687. The average molecular weight is 409 g/mol. The molecule has 5 rings (SSSR count). The van der Waals surface area contributed by atoms with Gasteiger partial charge in [-0.1, -0.05) is 0 Å². The van der Waals surface area contributed by atoms with Crippen LogP contribution in [0.1, 0.15) is 58.0 Å². The molecule has 9 nitrogen and oxygen atoms in total. The van der Waals surface area contributed by atoms with Crippen molar-refractivity contribution in [3.05, 3.63) is 51.8 Å². The number of carbonyl (C=O) groups excluding carboxylic acids is 2. The zero-order valence-electron chi connectivity index (χ0n) is 16.5. The van der Waals surface area contributed by atoms with Crippen LogP contribution in [0.25, 0.3) is 11.1 Å². The van der Waals surface area contributed by atoms with Crippen molar-refractivity contribution in [3.63, 3.8) is 0 Å². The van der Waals surface area contributed by atoms with Gasteiger partial charge in [-0.15, -0.1) is 0 Å². The molecule has 2 aromatic heterocycles. The van der Waals surface area contributed by atoms with E-state index in [0.717, 1.165) is 44.5 Å². The number of benzene rings is 1. The van der Waals surface area contributed by atoms with Gasteiger partial charge in [0.2, 0.25) is 0 Å². The Kier molecular flexibility index (Phi) is 4.65. The van der Waals surface area contributed by atoms with Gasteiger partial charge in [0.15, 0.2) is 5.58 Å². The lowest BCUT2D eigenvalue weighted by Crippen LogP contribution is -2.38. The molecule has 0 bridgehead atoms. The van der Waals surface area contributed by atoms with Gasteiger partial charge < -0.3 is 14.2 Å². The minimum atomic E-state index is -0.533. The Morgan fingerprint density at radius 3 is 2.53 bits per heavy atom. The zero-order valence-corrected chi connectivity index (χ0v) is 16.5. The van der Waals surface area contributed by atoms with Crippen LogP contribution < -0.4 is 5.76 Å². The van der Waals surface area contributed by atoms with Crippen LogP contribution in [0.2, 0.25) is 0 Å². The minimum Gasteiger partial charge on any atom is -0.408 e. The molecular formula is C21H23N5O4. The summed E-state index contributed by atoms with van der Waals surface area (Å²) in [6.45, 7) is 2.81. The van der Waals surface area contributed by atoms with E-state index in [1.807, 2.05) is 9.80 Å². The van der Waals surface area contributed by atoms with Gasteiger partial charge in [-0.2, -0.15) is 5.10 Å². The van der Waals surface area contributed by atoms with E-state index in [0.29, 0.717) is 35.3 Å². The number of rotatable bonds is 3. The van der Waals surface area contributed by atoms with Crippen molar-refractivity contribution >= 4 is 22.9 Å². The summed E-state index contributed by atoms with van der Waals surface area (Å²) in [5, 5.41) is 7.16. The van der Waals surface area contributed by atoms with Gasteiger partial charge in [-0.25, -0.2) is 4.79 Å². The molecule has 1 aromatic carbocycles. The molecule has 2 aliphatic heterocycles. The van der Waals surface area contributed by atoms with Crippen molar-refractivity contribution in [1.29, 1.82) is 0 Å². The molecule has 2 saturated heterocycles. The third-order valence-corrected chi connectivity index (χ3v) is 6.15. The standard InChI is InChI=1S/C21H23N5O4/c27-19(14-3-4-17-16(11-14)23-21(29)30-17)26-9-5-13(6-10-26)18-15(12-22-24-18)20(28)25-7-1-2-8-25/h3-4,11-13H,1-2,5-10H2,(H,22,24)(H,23,29). The molecule has 9 heteroatoms. The summed E-state index contributed by atoms with van der Waals surface area (Å²) in [6.07, 6.45) is 5.27. The van der Waals surface area contributed by atoms with Gasteiger partial charge in [-0.05, 0) is 43.9 Å². The second-order valence-electron chi connectivity index (χ2n) is 7.99. The third kappa shape index (κ3) is 3.30. The fraction of sp³-hybridized carbons (Fsp3) is 0.429. The minimum absolute atomic E-state index is 0.0529. The lowest BCUT2D eigenvalue weighted by molar-refractivity contribution is 0.0707. The molecule has 2 aliphatic rings. The predicted molar refractivity (Wildman–Crippen MR) is 108 cm³/mol. The molecule has 0 aliphatic carbocycles. The number of aromatic nitrogens is 3. The van der Waals surface area contributed by atoms with Crippen molar-refractivity contribution in [2.24, 2.45) is 0 Å². The number of nitrogens with one attached hydrogen (secondary N) is 2. The Morgan fingerprint density at radius 1 is 1.03 bits per heavy atom. The first-order valence-electron chi connectivity index (χ1n) is 10.3. The highest BCUT2D eigenvalue weighted by Gasteiger charge is 2.30. The molecule has 30 heavy (non-hydrogen) atoms. The Balaban J connectivity index is 1.27. The predicted octanol–water partition coefficient (Wildman–Crippen LogP) is 2.10. The van der Waals surface area contributed by atoms with E-state index in [-0.39, 0.29) is 17.7 Å². The fourth-order valence-electron chi connectivity index (χ4n) is 4.51. The fourth-order valence-corrected chi connectivity index (χ4v) is 4.51.